The van der Waals surface area contributed by atoms with Crippen molar-refractivity contribution in [3.05, 3.63) is 30.2 Å². The van der Waals surface area contributed by atoms with Crippen LogP contribution < -0.4 is 5.32 Å². The molecule has 1 saturated carbocycles. The molecule has 2 aromatic rings. The van der Waals surface area contributed by atoms with Crippen LogP contribution in [0.1, 0.15) is 31.5 Å². The zero-order valence-electron chi connectivity index (χ0n) is 10.7. The average molecular weight is 244 g/mol. The molecule has 1 aliphatic carbocycles. The fourth-order valence-corrected chi connectivity index (χ4v) is 2.78. The first-order chi connectivity index (χ1) is 8.93. The van der Waals surface area contributed by atoms with Crippen molar-refractivity contribution < 1.29 is 0 Å². The largest absolute Gasteiger partial charge is 0.316 e. The van der Waals surface area contributed by atoms with Gasteiger partial charge in [-0.3, -0.25) is 4.40 Å². The lowest BCUT2D eigenvalue weighted by molar-refractivity contribution is 0.489. The molecule has 0 amide bonds. The number of rotatable bonds is 5. The zero-order chi connectivity index (χ0) is 12.2. The van der Waals surface area contributed by atoms with E-state index in [0.29, 0.717) is 0 Å². The zero-order valence-corrected chi connectivity index (χ0v) is 10.7. The monoisotopic (exact) mass is 244 g/mol. The van der Waals surface area contributed by atoms with E-state index in [2.05, 4.69) is 19.9 Å². The number of hydrogen-bond donors (Lipinski definition) is 1. The van der Waals surface area contributed by atoms with E-state index >= 15 is 0 Å². The van der Waals surface area contributed by atoms with E-state index in [0.717, 1.165) is 36.9 Å². The van der Waals surface area contributed by atoms with Crippen LogP contribution in [0.2, 0.25) is 0 Å². The number of fused-ring (bicyclic) bond motifs is 1. The molecule has 0 bridgehead atoms. The normalized spacial score (nSPS) is 16.7. The van der Waals surface area contributed by atoms with Crippen molar-refractivity contribution in [3.8, 4) is 0 Å². The summed E-state index contributed by atoms with van der Waals surface area (Å²) in [5.74, 6) is 1.95. The van der Waals surface area contributed by atoms with Crippen molar-refractivity contribution in [1.29, 1.82) is 0 Å². The van der Waals surface area contributed by atoms with Crippen LogP contribution in [0.3, 0.4) is 0 Å². The number of pyridine rings is 1. The molecular weight excluding hydrogens is 224 g/mol. The van der Waals surface area contributed by atoms with E-state index in [1.807, 2.05) is 24.4 Å². The van der Waals surface area contributed by atoms with Crippen LogP contribution in [0.5, 0.6) is 0 Å². The Kier molecular flexibility index (Phi) is 3.55. The first-order valence-electron chi connectivity index (χ1n) is 6.93. The maximum atomic E-state index is 4.24. The van der Waals surface area contributed by atoms with E-state index in [9.17, 15) is 0 Å². The molecule has 0 saturated heterocycles. The van der Waals surface area contributed by atoms with Crippen LogP contribution in [0, 0.1) is 5.92 Å². The van der Waals surface area contributed by atoms with Gasteiger partial charge in [-0.1, -0.05) is 18.9 Å². The van der Waals surface area contributed by atoms with Crippen LogP contribution in [0.4, 0.5) is 0 Å². The Hall–Kier alpha value is -1.42. The van der Waals surface area contributed by atoms with Crippen LogP contribution in [0.15, 0.2) is 24.4 Å². The Morgan fingerprint density at radius 3 is 3.00 bits per heavy atom. The highest BCUT2D eigenvalue weighted by atomic mass is 15.2. The number of hydrogen-bond acceptors (Lipinski definition) is 3. The minimum Gasteiger partial charge on any atom is -0.316 e. The van der Waals surface area contributed by atoms with E-state index in [-0.39, 0.29) is 0 Å². The van der Waals surface area contributed by atoms with Crippen LogP contribution in [-0.2, 0) is 6.42 Å². The molecule has 3 rings (SSSR count). The Balaban J connectivity index is 1.50. The van der Waals surface area contributed by atoms with E-state index in [4.69, 9.17) is 0 Å². The smallest absolute Gasteiger partial charge is 0.160 e. The van der Waals surface area contributed by atoms with Crippen molar-refractivity contribution in [2.24, 2.45) is 5.92 Å². The molecule has 4 nitrogen and oxygen atoms in total. The van der Waals surface area contributed by atoms with Gasteiger partial charge in [0.15, 0.2) is 5.65 Å². The summed E-state index contributed by atoms with van der Waals surface area (Å²) in [5, 5.41) is 11.9. The van der Waals surface area contributed by atoms with Crippen molar-refractivity contribution >= 4 is 5.65 Å². The van der Waals surface area contributed by atoms with Gasteiger partial charge in [0.05, 0.1) is 0 Å². The molecule has 0 atom stereocenters. The maximum Gasteiger partial charge on any atom is 0.160 e. The molecule has 2 aromatic heterocycles. The molecular formula is C14H20N4. The summed E-state index contributed by atoms with van der Waals surface area (Å²) >= 11 is 0. The van der Waals surface area contributed by atoms with Crippen molar-refractivity contribution in [2.75, 3.05) is 13.1 Å². The minimum atomic E-state index is 0.903. The fraction of sp³-hybridized carbons (Fsp3) is 0.571. The van der Waals surface area contributed by atoms with Crippen molar-refractivity contribution in [1.82, 2.24) is 19.9 Å². The molecule has 96 valence electrons. The van der Waals surface area contributed by atoms with Gasteiger partial charge in [-0.2, -0.15) is 0 Å². The molecule has 18 heavy (non-hydrogen) atoms. The molecule has 0 spiro atoms. The van der Waals surface area contributed by atoms with E-state index < -0.39 is 0 Å². The second-order valence-electron chi connectivity index (χ2n) is 5.15. The van der Waals surface area contributed by atoms with Gasteiger partial charge in [-0.05, 0) is 37.4 Å². The highest BCUT2D eigenvalue weighted by Crippen LogP contribution is 2.23. The third kappa shape index (κ3) is 2.53. The standard InChI is InChI=1S/C14H20N4/c1-2-6-12(5-1)11-15-9-8-14-17-16-13-7-3-4-10-18(13)14/h3-4,7,10,12,15H,1-2,5-6,8-9,11H2. The maximum absolute atomic E-state index is 4.24. The van der Waals surface area contributed by atoms with Crippen molar-refractivity contribution in [2.45, 2.75) is 32.1 Å². The third-order valence-electron chi connectivity index (χ3n) is 3.82. The molecule has 0 unspecified atom stereocenters. The summed E-state index contributed by atoms with van der Waals surface area (Å²) in [6, 6.07) is 6.00. The van der Waals surface area contributed by atoms with Gasteiger partial charge in [-0.15, -0.1) is 10.2 Å². The molecule has 1 aliphatic rings. The SMILES string of the molecule is c1ccn2c(CCNCC3CCCC3)nnc2c1. The summed E-state index contributed by atoms with van der Waals surface area (Å²) in [7, 11) is 0. The summed E-state index contributed by atoms with van der Waals surface area (Å²) in [4.78, 5) is 0. The molecule has 1 N–H and O–H groups in total. The predicted octanol–water partition coefficient (Wildman–Crippen LogP) is 2.05. The van der Waals surface area contributed by atoms with Gasteiger partial charge in [-0.25, -0.2) is 0 Å². The fourth-order valence-electron chi connectivity index (χ4n) is 2.78. The van der Waals surface area contributed by atoms with Crippen LogP contribution in [0.25, 0.3) is 5.65 Å². The topological polar surface area (TPSA) is 42.2 Å². The summed E-state index contributed by atoms with van der Waals surface area (Å²) in [5.41, 5.74) is 0.934. The quantitative estimate of drug-likeness (QED) is 0.819. The lowest BCUT2D eigenvalue weighted by Crippen LogP contribution is -2.24. The van der Waals surface area contributed by atoms with E-state index in [1.165, 1.54) is 25.7 Å². The second kappa shape index (κ2) is 5.48. The first kappa shape index (κ1) is 11.7. The lowest BCUT2D eigenvalue weighted by atomic mass is 10.1. The molecule has 0 aliphatic heterocycles. The Morgan fingerprint density at radius 1 is 1.22 bits per heavy atom. The van der Waals surface area contributed by atoms with Gasteiger partial charge in [0.2, 0.25) is 0 Å². The minimum absolute atomic E-state index is 0.903. The Bertz CT molecular complexity index is 499. The first-order valence-corrected chi connectivity index (χ1v) is 6.93. The molecule has 1 fully saturated rings. The van der Waals surface area contributed by atoms with Gasteiger partial charge in [0, 0.05) is 19.2 Å². The third-order valence-corrected chi connectivity index (χ3v) is 3.82. The number of nitrogens with one attached hydrogen (secondary N) is 1. The van der Waals surface area contributed by atoms with Gasteiger partial charge in [0.1, 0.15) is 5.82 Å². The second-order valence-corrected chi connectivity index (χ2v) is 5.15. The molecule has 0 aromatic carbocycles. The van der Waals surface area contributed by atoms with Gasteiger partial charge < -0.3 is 5.32 Å². The highest BCUT2D eigenvalue weighted by Gasteiger charge is 2.14. The number of aromatic nitrogens is 3. The summed E-state index contributed by atoms with van der Waals surface area (Å²) in [6.45, 7) is 2.16. The Labute approximate surface area is 107 Å². The Morgan fingerprint density at radius 2 is 2.11 bits per heavy atom. The van der Waals surface area contributed by atoms with Crippen LogP contribution in [-0.4, -0.2) is 27.7 Å². The van der Waals surface area contributed by atoms with Gasteiger partial charge in [0.25, 0.3) is 0 Å². The number of nitrogens with zero attached hydrogens (tertiary/aromatic N) is 3. The lowest BCUT2D eigenvalue weighted by Gasteiger charge is -2.09. The van der Waals surface area contributed by atoms with Crippen LogP contribution >= 0.6 is 0 Å². The molecule has 0 radical (unpaired) electrons. The average Bonchev–Trinajstić information content (AvgIpc) is 3.04. The highest BCUT2D eigenvalue weighted by molar-refractivity contribution is 5.36. The molecule has 4 heteroatoms. The molecule has 2 heterocycles. The summed E-state index contributed by atoms with van der Waals surface area (Å²) < 4.78 is 2.07. The summed E-state index contributed by atoms with van der Waals surface area (Å²) in [6.07, 6.45) is 8.61. The predicted molar refractivity (Wildman–Crippen MR) is 71.5 cm³/mol. The van der Waals surface area contributed by atoms with E-state index in [1.54, 1.807) is 0 Å². The van der Waals surface area contributed by atoms with Crippen molar-refractivity contribution in [3.63, 3.8) is 0 Å². The van der Waals surface area contributed by atoms with Gasteiger partial charge >= 0.3 is 0 Å².